The van der Waals surface area contributed by atoms with Crippen molar-refractivity contribution in [3.8, 4) is 11.5 Å². The first-order chi connectivity index (χ1) is 10.0. The van der Waals surface area contributed by atoms with Gasteiger partial charge in [0.2, 0.25) is 6.79 Å². The van der Waals surface area contributed by atoms with Crippen molar-refractivity contribution < 1.29 is 23.0 Å². The number of benzene rings is 2. The molecule has 1 aliphatic rings. The van der Waals surface area contributed by atoms with Crippen molar-refractivity contribution >= 4 is 17.3 Å². The number of fused-ring (bicyclic) bond motifs is 1. The summed E-state index contributed by atoms with van der Waals surface area (Å²) in [6.07, 6.45) is 0. The van der Waals surface area contributed by atoms with Gasteiger partial charge in [0.1, 0.15) is 11.6 Å². The van der Waals surface area contributed by atoms with Gasteiger partial charge in [0, 0.05) is 12.1 Å². The number of ether oxygens (including phenoxy) is 2. The topological polar surface area (TPSA) is 73.6 Å². The van der Waals surface area contributed by atoms with Gasteiger partial charge in [0.15, 0.2) is 11.5 Å². The average molecular weight is 292 g/mol. The monoisotopic (exact) mass is 292 g/mol. The molecule has 1 amide bonds. The molecule has 0 spiro atoms. The zero-order chi connectivity index (χ0) is 15.0. The van der Waals surface area contributed by atoms with Gasteiger partial charge in [0.25, 0.3) is 5.91 Å². The molecule has 1 aliphatic heterocycles. The third kappa shape index (κ3) is 2.45. The minimum Gasteiger partial charge on any atom is -0.454 e. The van der Waals surface area contributed by atoms with Crippen molar-refractivity contribution in [3.63, 3.8) is 0 Å². The van der Waals surface area contributed by atoms with Gasteiger partial charge in [-0.25, -0.2) is 8.78 Å². The Labute approximate surface area is 118 Å². The Hall–Kier alpha value is -2.83. The number of nitrogens with two attached hydrogens (primary N) is 1. The van der Waals surface area contributed by atoms with Gasteiger partial charge in [-0.1, -0.05) is 0 Å². The number of anilines is 2. The Balaban J connectivity index is 1.90. The number of halogens is 2. The second-order valence-electron chi connectivity index (χ2n) is 4.37. The highest BCUT2D eigenvalue weighted by molar-refractivity contribution is 6.06. The van der Waals surface area contributed by atoms with E-state index < -0.39 is 23.1 Å². The summed E-state index contributed by atoms with van der Waals surface area (Å²) in [6.45, 7) is 0.0602. The van der Waals surface area contributed by atoms with Gasteiger partial charge in [-0.3, -0.25) is 4.79 Å². The molecule has 7 heteroatoms. The molecule has 3 rings (SSSR count). The third-order valence-corrected chi connectivity index (χ3v) is 2.97. The average Bonchev–Trinajstić information content (AvgIpc) is 2.88. The van der Waals surface area contributed by atoms with Gasteiger partial charge in [-0.15, -0.1) is 0 Å². The zero-order valence-electron chi connectivity index (χ0n) is 10.7. The fraction of sp³-hybridized carbons (Fsp3) is 0.0714. The Bertz CT molecular complexity index is 734. The summed E-state index contributed by atoms with van der Waals surface area (Å²) in [6, 6.07) is 5.58. The van der Waals surface area contributed by atoms with Crippen LogP contribution in [-0.2, 0) is 0 Å². The van der Waals surface area contributed by atoms with Crippen molar-refractivity contribution in [2.24, 2.45) is 0 Å². The number of hydrogen-bond acceptors (Lipinski definition) is 4. The summed E-state index contributed by atoms with van der Waals surface area (Å²) < 4.78 is 36.9. The molecule has 2 aromatic rings. The van der Waals surface area contributed by atoms with Crippen LogP contribution in [0.3, 0.4) is 0 Å². The van der Waals surface area contributed by atoms with Crippen LogP contribution in [0.5, 0.6) is 11.5 Å². The van der Waals surface area contributed by atoms with E-state index in [1.165, 1.54) is 12.1 Å². The highest BCUT2D eigenvalue weighted by atomic mass is 19.1. The number of hydrogen-bond donors (Lipinski definition) is 2. The summed E-state index contributed by atoms with van der Waals surface area (Å²) in [5.74, 6) is -1.47. The summed E-state index contributed by atoms with van der Waals surface area (Å²) in [5.41, 5.74) is 5.82. The van der Waals surface area contributed by atoms with E-state index in [0.717, 1.165) is 18.2 Å². The van der Waals surface area contributed by atoms with Crippen LogP contribution in [0.2, 0.25) is 0 Å². The predicted octanol–water partition coefficient (Wildman–Crippen LogP) is 2.53. The van der Waals surface area contributed by atoms with Gasteiger partial charge in [0.05, 0.1) is 16.9 Å². The first-order valence-corrected chi connectivity index (χ1v) is 6.00. The molecule has 0 saturated heterocycles. The van der Waals surface area contributed by atoms with Crippen LogP contribution in [0.15, 0.2) is 30.3 Å². The first kappa shape index (κ1) is 13.2. The van der Waals surface area contributed by atoms with Crippen molar-refractivity contribution in [1.82, 2.24) is 0 Å². The van der Waals surface area contributed by atoms with Crippen molar-refractivity contribution in [2.75, 3.05) is 17.8 Å². The summed E-state index contributed by atoms with van der Waals surface area (Å²) in [7, 11) is 0. The predicted molar refractivity (Wildman–Crippen MR) is 71.3 cm³/mol. The van der Waals surface area contributed by atoms with Crippen LogP contribution in [0, 0.1) is 11.6 Å². The second-order valence-corrected chi connectivity index (χ2v) is 4.37. The van der Waals surface area contributed by atoms with Crippen LogP contribution < -0.4 is 20.5 Å². The van der Waals surface area contributed by atoms with E-state index in [-0.39, 0.29) is 18.2 Å². The molecule has 0 saturated carbocycles. The molecule has 21 heavy (non-hydrogen) atoms. The van der Waals surface area contributed by atoms with E-state index in [4.69, 9.17) is 15.2 Å². The van der Waals surface area contributed by atoms with Crippen molar-refractivity contribution in [3.05, 3.63) is 47.5 Å². The maximum Gasteiger partial charge on any atom is 0.258 e. The maximum absolute atomic E-state index is 13.5. The van der Waals surface area contributed by atoms with Gasteiger partial charge in [-0.2, -0.15) is 0 Å². The number of nitrogen functional groups attached to an aromatic ring is 1. The number of amides is 1. The van der Waals surface area contributed by atoms with Crippen LogP contribution in [0.25, 0.3) is 0 Å². The van der Waals surface area contributed by atoms with E-state index in [2.05, 4.69) is 5.32 Å². The van der Waals surface area contributed by atoms with E-state index in [1.54, 1.807) is 0 Å². The maximum atomic E-state index is 13.5. The normalized spacial score (nSPS) is 12.3. The minimum absolute atomic E-state index is 0.0602. The lowest BCUT2D eigenvalue weighted by molar-refractivity contribution is 0.102. The first-order valence-electron chi connectivity index (χ1n) is 6.00. The van der Waals surface area contributed by atoms with Gasteiger partial charge >= 0.3 is 0 Å². The van der Waals surface area contributed by atoms with E-state index in [0.29, 0.717) is 11.5 Å². The molecule has 0 fully saturated rings. The molecule has 0 radical (unpaired) electrons. The summed E-state index contributed by atoms with van der Waals surface area (Å²) >= 11 is 0. The van der Waals surface area contributed by atoms with E-state index in [1.807, 2.05) is 0 Å². The molecular weight excluding hydrogens is 282 g/mol. The standard InChI is InChI=1S/C14H10F2N2O3/c15-7-1-2-9(16)8(3-7)14(19)18-11-5-13-12(4-10(11)17)20-6-21-13/h1-5H,6,17H2,(H,18,19). The number of carbonyl (C=O) groups is 1. The SMILES string of the molecule is Nc1cc2c(cc1NC(=O)c1cc(F)ccc1F)OCO2. The van der Waals surface area contributed by atoms with Crippen molar-refractivity contribution in [2.45, 2.75) is 0 Å². The van der Waals surface area contributed by atoms with Crippen LogP contribution in [0.1, 0.15) is 10.4 Å². The molecule has 1 heterocycles. The fourth-order valence-corrected chi connectivity index (χ4v) is 1.93. The molecule has 0 atom stereocenters. The van der Waals surface area contributed by atoms with E-state index >= 15 is 0 Å². The van der Waals surface area contributed by atoms with Crippen LogP contribution >= 0.6 is 0 Å². The molecule has 5 nitrogen and oxygen atoms in total. The number of nitrogens with one attached hydrogen (secondary N) is 1. The molecule has 0 aliphatic carbocycles. The lowest BCUT2D eigenvalue weighted by atomic mass is 10.1. The molecular formula is C14H10F2N2O3. The van der Waals surface area contributed by atoms with Crippen LogP contribution in [-0.4, -0.2) is 12.7 Å². The largest absolute Gasteiger partial charge is 0.454 e. The lowest BCUT2D eigenvalue weighted by Gasteiger charge is -2.10. The summed E-state index contributed by atoms with van der Waals surface area (Å²) in [5, 5.41) is 2.42. The molecule has 0 aromatic heterocycles. The second kappa shape index (κ2) is 4.93. The Morgan fingerprint density at radius 1 is 1.14 bits per heavy atom. The molecule has 0 unspecified atom stereocenters. The fourth-order valence-electron chi connectivity index (χ4n) is 1.93. The smallest absolute Gasteiger partial charge is 0.258 e. The van der Waals surface area contributed by atoms with Crippen LogP contribution in [0.4, 0.5) is 20.2 Å². The molecule has 108 valence electrons. The molecule has 2 aromatic carbocycles. The van der Waals surface area contributed by atoms with Gasteiger partial charge < -0.3 is 20.5 Å². The highest BCUT2D eigenvalue weighted by Gasteiger charge is 2.19. The third-order valence-electron chi connectivity index (χ3n) is 2.97. The summed E-state index contributed by atoms with van der Waals surface area (Å²) in [4.78, 5) is 12.0. The highest BCUT2D eigenvalue weighted by Crippen LogP contribution is 2.38. The lowest BCUT2D eigenvalue weighted by Crippen LogP contribution is -2.15. The molecule has 3 N–H and O–H groups in total. The zero-order valence-corrected chi connectivity index (χ0v) is 10.7. The number of rotatable bonds is 2. The quantitative estimate of drug-likeness (QED) is 0.834. The van der Waals surface area contributed by atoms with E-state index in [9.17, 15) is 13.6 Å². The van der Waals surface area contributed by atoms with Crippen molar-refractivity contribution in [1.29, 1.82) is 0 Å². The Morgan fingerprint density at radius 3 is 2.62 bits per heavy atom. The van der Waals surface area contributed by atoms with Gasteiger partial charge in [-0.05, 0) is 18.2 Å². The molecule has 0 bridgehead atoms. The minimum atomic E-state index is -0.826. The Kier molecular flexibility index (Phi) is 3.09. The Morgan fingerprint density at radius 2 is 1.86 bits per heavy atom. The number of carbonyl (C=O) groups excluding carboxylic acids is 1.